The second-order valence-corrected chi connectivity index (χ2v) is 9.08. The monoisotopic (exact) mass is 510 g/mol. The second-order valence-electron chi connectivity index (χ2n) is 9.08. The molecule has 0 radical (unpaired) electrons. The van der Waals surface area contributed by atoms with Crippen molar-refractivity contribution in [2.45, 2.75) is 26.3 Å². The summed E-state index contributed by atoms with van der Waals surface area (Å²) in [6.07, 6.45) is 0.663. The van der Waals surface area contributed by atoms with Gasteiger partial charge in [-0.2, -0.15) is 0 Å². The Bertz CT molecular complexity index is 1190. The molecule has 37 heavy (non-hydrogen) atoms. The molecule has 1 saturated heterocycles. The third-order valence-electron chi connectivity index (χ3n) is 6.24. The van der Waals surface area contributed by atoms with Gasteiger partial charge in [0.15, 0.2) is 23.0 Å². The number of nitrogens with zero attached hydrogens (tertiary/aromatic N) is 2. The Morgan fingerprint density at radius 1 is 1.00 bits per heavy atom. The highest BCUT2D eigenvalue weighted by Gasteiger charge is 2.46. The van der Waals surface area contributed by atoms with Crippen LogP contribution in [0.25, 0.3) is 5.76 Å². The number of hydrogen-bond donors (Lipinski definition) is 1. The molecule has 2 aliphatic heterocycles. The van der Waals surface area contributed by atoms with Crippen LogP contribution in [-0.4, -0.2) is 80.2 Å². The zero-order chi connectivity index (χ0) is 26.5. The topological polar surface area (TPSA) is 97.8 Å². The Labute approximate surface area is 217 Å². The summed E-state index contributed by atoms with van der Waals surface area (Å²) in [6.45, 7) is 6.56. The van der Waals surface area contributed by atoms with E-state index in [1.165, 1.54) is 4.90 Å². The minimum Gasteiger partial charge on any atom is -0.507 e. The minimum atomic E-state index is -0.787. The number of ketones is 1. The molecule has 2 aromatic carbocycles. The predicted molar refractivity (Wildman–Crippen MR) is 138 cm³/mol. The van der Waals surface area contributed by atoms with Crippen molar-refractivity contribution >= 4 is 17.4 Å². The van der Waals surface area contributed by atoms with Gasteiger partial charge in [-0.25, -0.2) is 0 Å². The Balaban J connectivity index is 1.82. The number of carbonyl (C=O) groups is 2. The molecule has 4 rings (SSSR count). The summed E-state index contributed by atoms with van der Waals surface area (Å²) in [5.74, 6) is 0.499. The van der Waals surface area contributed by atoms with E-state index in [1.54, 1.807) is 36.4 Å². The Morgan fingerprint density at radius 2 is 1.70 bits per heavy atom. The molecule has 2 heterocycles. The van der Waals surface area contributed by atoms with Crippen LogP contribution in [0.2, 0.25) is 0 Å². The maximum Gasteiger partial charge on any atom is 0.295 e. The molecule has 1 unspecified atom stereocenters. The molecule has 0 bridgehead atoms. The maximum absolute atomic E-state index is 13.3. The van der Waals surface area contributed by atoms with Gasteiger partial charge in [0.2, 0.25) is 0 Å². The van der Waals surface area contributed by atoms with Crippen LogP contribution in [0.15, 0.2) is 42.0 Å². The molecule has 0 spiro atoms. The van der Waals surface area contributed by atoms with Crippen LogP contribution in [0.4, 0.5) is 0 Å². The molecule has 1 amide bonds. The highest BCUT2D eigenvalue weighted by atomic mass is 16.6. The van der Waals surface area contributed by atoms with Crippen molar-refractivity contribution in [3.05, 3.63) is 53.1 Å². The molecular formula is C28H34N2O7. The second kappa shape index (κ2) is 11.6. The number of Topliss-reactive ketones (excluding diaryl/α,β-unsaturated/α-hetero) is 1. The molecule has 9 heteroatoms. The van der Waals surface area contributed by atoms with Gasteiger partial charge in [0, 0.05) is 12.1 Å². The Morgan fingerprint density at radius 3 is 2.41 bits per heavy atom. The van der Waals surface area contributed by atoms with E-state index in [2.05, 4.69) is 0 Å². The molecule has 1 atom stereocenters. The van der Waals surface area contributed by atoms with Crippen molar-refractivity contribution in [1.29, 1.82) is 0 Å². The predicted octanol–water partition coefficient (Wildman–Crippen LogP) is 3.63. The first-order valence-corrected chi connectivity index (χ1v) is 12.6. The number of ether oxygens (including phenoxy) is 4. The zero-order valence-corrected chi connectivity index (χ0v) is 21.8. The van der Waals surface area contributed by atoms with Crippen LogP contribution in [0, 0.1) is 0 Å². The summed E-state index contributed by atoms with van der Waals surface area (Å²) < 4.78 is 22.7. The quantitative estimate of drug-likeness (QED) is 0.294. The minimum absolute atomic E-state index is 0.0261. The van der Waals surface area contributed by atoms with Crippen LogP contribution in [0.5, 0.6) is 23.0 Å². The number of carbonyl (C=O) groups excluding carboxylic acids is 2. The van der Waals surface area contributed by atoms with Crippen LogP contribution in [0.1, 0.15) is 37.4 Å². The van der Waals surface area contributed by atoms with Crippen molar-refractivity contribution < 1.29 is 33.6 Å². The number of fused-ring (bicyclic) bond motifs is 1. The summed E-state index contributed by atoms with van der Waals surface area (Å²) >= 11 is 0. The van der Waals surface area contributed by atoms with Crippen molar-refractivity contribution in [3.63, 3.8) is 0 Å². The summed E-state index contributed by atoms with van der Waals surface area (Å²) in [7, 11) is 3.91. The van der Waals surface area contributed by atoms with Crippen molar-refractivity contribution in [2.24, 2.45) is 0 Å². The van der Waals surface area contributed by atoms with E-state index in [0.717, 1.165) is 6.54 Å². The number of benzene rings is 2. The highest BCUT2D eigenvalue weighted by Crippen LogP contribution is 2.43. The molecule has 0 saturated carbocycles. The summed E-state index contributed by atoms with van der Waals surface area (Å²) in [6, 6.07) is 9.54. The highest BCUT2D eigenvalue weighted by molar-refractivity contribution is 6.46. The number of aliphatic hydroxyl groups excluding tert-OH is 1. The summed E-state index contributed by atoms with van der Waals surface area (Å²) in [5.41, 5.74) is 1.05. The first-order chi connectivity index (χ1) is 17.8. The SMILES string of the molecule is CCOc1ccc(C2C(=C(O)c3ccc4c(c3)OCCO4)C(=O)C(=O)N2CCCN(C)C)cc1OCC. The molecule has 1 N–H and O–H groups in total. The number of amides is 1. The lowest BCUT2D eigenvalue weighted by atomic mass is 9.94. The number of aliphatic hydroxyl groups is 1. The van der Waals surface area contributed by atoms with E-state index in [9.17, 15) is 14.7 Å². The molecular weight excluding hydrogens is 476 g/mol. The van der Waals surface area contributed by atoms with Gasteiger partial charge in [-0.05, 0) is 76.8 Å². The summed E-state index contributed by atoms with van der Waals surface area (Å²) in [5, 5.41) is 11.4. The molecule has 1 fully saturated rings. The van der Waals surface area contributed by atoms with Gasteiger partial charge in [0.25, 0.3) is 11.7 Å². The van der Waals surface area contributed by atoms with E-state index >= 15 is 0 Å². The third-order valence-corrected chi connectivity index (χ3v) is 6.24. The lowest BCUT2D eigenvalue weighted by molar-refractivity contribution is -0.139. The van der Waals surface area contributed by atoms with Gasteiger partial charge in [0.05, 0.1) is 24.8 Å². The number of hydrogen-bond acceptors (Lipinski definition) is 8. The van der Waals surface area contributed by atoms with Crippen LogP contribution in [0.3, 0.4) is 0 Å². The van der Waals surface area contributed by atoms with E-state index in [0.29, 0.717) is 73.5 Å². The number of rotatable bonds is 10. The standard InChI is InChI=1S/C28H34N2O7/c1-5-34-20-10-8-18(16-22(20)35-6-2)25-24(27(32)28(33)30(25)13-7-12-29(3)4)26(31)19-9-11-21-23(17-19)37-15-14-36-21/h8-11,16-17,25,31H,5-7,12-15H2,1-4H3. The third kappa shape index (κ3) is 5.51. The maximum atomic E-state index is 13.3. The van der Waals surface area contributed by atoms with Gasteiger partial charge >= 0.3 is 0 Å². The van der Waals surface area contributed by atoms with Gasteiger partial charge in [0.1, 0.15) is 19.0 Å². The largest absolute Gasteiger partial charge is 0.507 e. The van der Waals surface area contributed by atoms with E-state index in [4.69, 9.17) is 18.9 Å². The van der Waals surface area contributed by atoms with E-state index < -0.39 is 17.7 Å². The van der Waals surface area contributed by atoms with Crippen molar-refractivity contribution in [2.75, 3.05) is 53.6 Å². The van der Waals surface area contributed by atoms with E-state index in [-0.39, 0.29) is 11.3 Å². The lowest BCUT2D eigenvalue weighted by Gasteiger charge is -2.26. The van der Waals surface area contributed by atoms with Crippen molar-refractivity contribution in [1.82, 2.24) is 9.80 Å². The van der Waals surface area contributed by atoms with Crippen molar-refractivity contribution in [3.8, 4) is 23.0 Å². The average Bonchev–Trinajstić information content (AvgIpc) is 3.14. The molecule has 198 valence electrons. The Hall–Kier alpha value is -3.72. The van der Waals surface area contributed by atoms with Crippen LogP contribution < -0.4 is 18.9 Å². The van der Waals surface area contributed by atoms with Crippen LogP contribution in [-0.2, 0) is 9.59 Å². The summed E-state index contributed by atoms with van der Waals surface area (Å²) in [4.78, 5) is 30.1. The fourth-order valence-electron chi connectivity index (χ4n) is 4.60. The first-order valence-electron chi connectivity index (χ1n) is 12.6. The molecule has 2 aliphatic rings. The first kappa shape index (κ1) is 26.3. The average molecular weight is 511 g/mol. The normalized spacial score (nSPS) is 18.4. The molecule has 0 aromatic heterocycles. The number of likely N-dealkylation sites (tertiary alicyclic amines) is 1. The van der Waals surface area contributed by atoms with E-state index in [1.807, 2.05) is 32.8 Å². The fourth-order valence-corrected chi connectivity index (χ4v) is 4.60. The Kier molecular flexibility index (Phi) is 8.23. The van der Waals surface area contributed by atoms with Crippen LogP contribution >= 0.6 is 0 Å². The fraction of sp³-hybridized carbons (Fsp3) is 0.429. The zero-order valence-electron chi connectivity index (χ0n) is 21.8. The molecule has 2 aromatic rings. The molecule has 0 aliphatic carbocycles. The smallest absolute Gasteiger partial charge is 0.295 e. The van der Waals surface area contributed by atoms with Gasteiger partial charge in [-0.3, -0.25) is 9.59 Å². The lowest BCUT2D eigenvalue weighted by Crippen LogP contribution is -2.32. The van der Waals surface area contributed by atoms with Gasteiger partial charge in [-0.1, -0.05) is 6.07 Å². The van der Waals surface area contributed by atoms with Gasteiger partial charge < -0.3 is 33.9 Å². The van der Waals surface area contributed by atoms with Gasteiger partial charge in [-0.15, -0.1) is 0 Å². The molecule has 9 nitrogen and oxygen atoms in total.